The van der Waals surface area contributed by atoms with Crippen molar-refractivity contribution in [3.05, 3.63) is 35.9 Å². The van der Waals surface area contributed by atoms with Crippen LogP contribution in [-0.2, 0) is 0 Å². The van der Waals surface area contributed by atoms with Gasteiger partial charge in [-0.25, -0.2) is 0 Å². The van der Waals surface area contributed by atoms with Crippen LogP contribution in [0.5, 0.6) is 0 Å². The maximum atomic E-state index is 3.67. The van der Waals surface area contributed by atoms with Crippen molar-refractivity contribution in [1.29, 1.82) is 0 Å². The monoisotopic (exact) mass is 297 g/mol. The fourth-order valence-electron chi connectivity index (χ4n) is 2.78. The van der Waals surface area contributed by atoms with E-state index in [1.807, 2.05) is 0 Å². The normalized spacial score (nSPS) is 17.8. The number of nitrogens with zero attached hydrogens (tertiary/aromatic N) is 1. The lowest BCUT2D eigenvalue weighted by atomic mass is 9.98. The van der Waals surface area contributed by atoms with Gasteiger partial charge in [-0.15, -0.1) is 12.4 Å². The molecule has 3 nitrogen and oxygen atoms in total. The first-order valence-electron chi connectivity index (χ1n) is 7.40. The van der Waals surface area contributed by atoms with Crippen LogP contribution in [0.4, 0.5) is 0 Å². The Kier molecular flexibility index (Phi) is 8.15. The van der Waals surface area contributed by atoms with E-state index in [2.05, 4.69) is 60.0 Å². The Morgan fingerprint density at radius 1 is 1.20 bits per heavy atom. The Hall–Kier alpha value is -0.610. The van der Waals surface area contributed by atoms with Crippen molar-refractivity contribution in [3.8, 4) is 0 Å². The van der Waals surface area contributed by atoms with Crippen molar-refractivity contribution >= 4 is 12.4 Å². The molecule has 4 heteroatoms. The number of likely N-dealkylation sites (N-methyl/N-ethyl adjacent to an activating group) is 1. The van der Waals surface area contributed by atoms with Crippen molar-refractivity contribution in [2.24, 2.45) is 5.92 Å². The zero-order valence-corrected chi connectivity index (χ0v) is 13.5. The third kappa shape index (κ3) is 5.41. The third-order valence-electron chi connectivity index (χ3n) is 4.04. The van der Waals surface area contributed by atoms with Crippen LogP contribution in [0.25, 0.3) is 0 Å². The molecule has 2 rings (SSSR count). The molecule has 1 aromatic carbocycles. The number of hydrogen-bond donors (Lipinski definition) is 2. The molecule has 0 amide bonds. The molecular formula is C16H28ClN3. The van der Waals surface area contributed by atoms with Crippen LogP contribution in [0, 0.1) is 5.92 Å². The highest BCUT2D eigenvalue weighted by Gasteiger charge is 2.16. The summed E-state index contributed by atoms with van der Waals surface area (Å²) < 4.78 is 0. The highest BCUT2D eigenvalue weighted by molar-refractivity contribution is 5.85. The molecule has 1 fully saturated rings. The average Bonchev–Trinajstić information content (AvgIpc) is 2.45. The van der Waals surface area contributed by atoms with Crippen LogP contribution < -0.4 is 10.6 Å². The molecule has 1 aliphatic rings. The molecule has 1 saturated heterocycles. The summed E-state index contributed by atoms with van der Waals surface area (Å²) in [6, 6.07) is 11.2. The lowest BCUT2D eigenvalue weighted by Crippen LogP contribution is -2.37. The van der Waals surface area contributed by atoms with Crippen LogP contribution in [0.2, 0.25) is 0 Å². The Morgan fingerprint density at radius 3 is 2.45 bits per heavy atom. The minimum atomic E-state index is 0. The molecule has 0 aromatic heterocycles. The molecule has 0 bridgehead atoms. The molecule has 0 aliphatic carbocycles. The predicted molar refractivity (Wildman–Crippen MR) is 88.6 cm³/mol. The molecule has 114 valence electrons. The second-order valence-electron chi connectivity index (χ2n) is 5.74. The SMILES string of the molecule is CN(C)C(CNCC1CCNCC1)c1ccccc1.Cl. The highest BCUT2D eigenvalue weighted by Crippen LogP contribution is 2.17. The summed E-state index contributed by atoms with van der Waals surface area (Å²) in [4.78, 5) is 2.30. The van der Waals surface area contributed by atoms with E-state index < -0.39 is 0 Å². The standard InChI is InChI=1S/C16H27N3.ClH/c1-19(2)16(15-6-4-3-5-7-15)13-18-12-14-8-10-17-11-9-14;/h3-7,14,16-18H,8-13H2,1-2H3;1H. The van der Waals surface area contributed by atoms with E-state index in [-0.39, 0.29) is 12.4 Å². The summed E-state index contributed by atoms with van der Waals surface area (Å²) in [6.45, 7) is 4.55. The van der Waals surface area contributed by atoms with Crippen molar-refractivity contribution in [2.75, 3.05) is 40.3 Å². The lowest BCUT2D eigenvalue weighted by Gasteiger charge is -2.27. The van der Waals surface area contributed by atoms with E-state index >= 15 is 0 Å². The first kappa shape index (κ1) is 17.4. The largest absolute Gasteiger partial charge is 0.317 e. The number of nitrogens with one attached hydrogen (secondary N) is 2. The fraction of sp³-hybridized carbons (Fsp3) is 0.625. The molecule has 2 N–H and O–H groups in total. The summed E-state index contributed by atoms with van der Waals surface area (Å²) in [7, 11) is 4.31. The number of piperidine rings is 1. The van der Waals surface area contributed by atoms with Gasteiger partial charge in [-0.3, -0.25) is 0 Å². The van der Waals surface area contributed by atoms with Crippen molar-refractivity contribution in [2.45, 2.75) is 18.9 Å². The Bertz CT molecular complexity index is 350. The smallest absolute Gasteiger partial charge is 0.0466 e. The molecule has 20 heavy (non-hydrogen) atoms. The van der Waals surface area contributed by atoms with Gasteiger partial charge < -0.3 is 15.5 Å². The van der Waals surface area contributed by atoms with Gasteiger partial charge in [-0.05, 0) is 58.1 Å². The molecular weight excluding hydrogens is 270 g/mol. The van der Waals surface area contributed by atoms with Gasteiger partial charge in [0.25, 0.3) is 0 Å². The van der Waals surface area contributed by atoms with E-state index in [9.17, 15) is 0 Å². The first-order chi connectivity index (χ1) is 9.27. The molecule has 1 atom stereocenters. The van der Waals surface area contributed by atoms with Gasteiger partial charge in [0.1, 0.15) is 0 Å². The van der Waals surface area contributed by atoms with Crippen LogP contribution in [0.3, 0.4) is 0 Å². The number of hydrogen-bond acceptors (Lipinski definition) is 3. The molecule has 1 aliphatic heterocycles. The van der Waals surface area contributed by atoms with Gasteiger partial charge >= 0.3 is 0 Å². The topological polar surface area (TPSA) is 27.3 Å². The zero-order valence-electron chi connectivity index (χ0n) is 12.6. The Labute approximate surface area is 129 Å². The molecule has 1 heterocycles. The number of benzene rings is 1. The highest BCUT2D eigenvalue weighted by atomic mass is 35.5. The minimum Gasteiger partial charge on any atom is -0.317 e. The van der Waals surface area contributed by atoms with Crippen LogP contribution in [0.15, 0.2) is 30.3 Å². The second-order valence-corrected chi connectivity index (χ2v) is 5.74. The lowest BCUT2D eigenvalue weighted by molar-refractivity contribution is 0.275. The maximum absolute atomic E-state index is 3.67. The molecule has 0 saturated carbocycles. The predicted octanol–water partition coefficient (Wildman–Crippen LogP) is 2.30. The third-order valence-corrected chi connectivity index (χ3v) is 4.04. The summed E-state index contributed by atoms with van der Waals surface area (Å²) in [5.74, 6) is 0.847. The van der Waals surface area contributed by atoms with Crippen molar-refractivity contribution < 1.29 is 0 Å². The molecule has 1 aromatic rings. The van der Waals surface area contributed by atoms with Crippen LogP contribution in [0.1, 0.15) is 24.4 Å². The summed E-state index contributed by atoms with van der Waals surface area (Å²) in [5.41, 5.74) is 1.39. The maximum Gasteiger partial charge on any atom is 0.0466 e. The Balaban J connectivity index is 0.00000200. The Morgan fingerprint density at radius 2 is 1.85 bits per heavy atom. The van der Waals surface area contributed by atoms with E-state index in [0.717, 1.165) is 19.0 Å². The molecule has 0 spiro atoms. The number of rotatable bonds is 6. The van der Waals surface area contributed by atoms with E-state index in [1.54, 1.807) is 0 Å². The first-order valence-corrected chi connectivity index (χ1v) is 7.40. The van der Waals surface area contributed by atoms with Crippen LogP contribution >= 0.6 is 12.4 Å². The van der Waals surface area contributed by atoms with Gasteiger partial charge in [0.05, 0.1) is 0 Å². The van der Waals surface area contributed by atoms with Gasteiger partial charge in [0, 0.05) is 12.6 Å². The summed E-state index contributed by atoms with van der Waals surface area (Å²) in [5, 5.41) is 7.09. The quantitative estimate of drug-likeness (QED) is 0.844. The van der Waals surface area contributed by atoms with E-state index in [1.165, 1.54) is 31.5 Å². The van der Waals surface area contributed by atoms with Gasteiger partial charge in [0.2, 0.25) is 0 Å². The zero-order chi connectivity index (χ0) is 13.5. The minimum absolute atomic E-state index is 0. The fourth-order valence-corrected chi connectivity index (χ4v) is 2.78. The molecule has 0 radical (unpaired) electrons. The van der Waals surface area contributed by atoms with Gasteiger partial charge in [0.15, 0.2) is 0 Å². The van der Waals surface area contributed by atoms with Crippen LogP contribution in [-0.4, -0.2) is 45.2 Å². The van der Waals surface area contributed by atoms with Gasteiger partial charge in [-0.2, -0.15) is 0 Å². The van der Waals surface area contributed by atoms with E-state index in [0.29, 0.717) is 6.04 Å². The number of halogens is 1. The molecule has 1 unspecified atom stereocenters. The van der Waals surface area contributed by atoms with E-state index in [4.69, 9.17) is 0 Å². The average molecular weight is 298 g/mol. The van der Waals surface area contributed by atoms with Gasteiger partial charge in [-0.1, -0.05) is 30.3 Å². The summed E-state index contributed by atoms with van der Waals surface area (Å²) in [6.07, 6.45) is 2.62. The van der Waals surface area contributed by atoms with Crippen molar-refractivity contribution in [1.82, 2.24) is 15.5 Å². The van der Waals surface area contributed by atoms with Crippen molar-refractivity contribution in [3.63, 3.8) is 0 Å². The summed E-state index contributed by atoms with van der Waals surface area (Å²) >= 11 is 0. The second kappa shape index (κ2) is 9.35.